The Labute approximate surface area is 155 Å². The van der Waals surface area contributed by atoms with E-state index in [9.17, 15) is 4.79 Å². The normalized spacial score (nSPS) is 24.2. The van der Waals surface area contributed by atoms with Crippen molar-refractivity contribution < 1.29 is 0 Å². The van der Waals surface area contributed by atoms with E-state index in [-0.39, 0.29) is 5.56 Å². The molecule has 4 rings (SSSR count). The summed E-state index contributed by atoms with van der Waals surface area (Å²) in [6, 6.07) is 9.47. The molecule has 3 heterocycles. The predicted octanol–water partition coefficient (Wildman–Crippen LogP) is 2.44. The summed E-state index contributed by atoms with van der Waals surface area (Å²) in [6.45, 7) is 6.71. The number of likely N-dealkylation sites (N-methyl/N-ethyl adjacent to an activating group) is 1. The Bertz CT molecular complexity index is 844. The molecular weight excluding hydrogens is 324 g/mol. The zero-order valence-corrected chi connectivity index (χ0v) is 16.2. The van der Waals surface area contributed by atoms with E-state index in [4.69, 9.17) is 0 Å². The predicted molar refractivity (Wildman–Crippen MR) is 108 cm³/mol. The fraction of sp³-hybridized carbons (Fsp3) is 0.571. The van der Waals surface area contributed by atoms with Crippen molar-refractivity contribution in [3.63, 3.8) is 0 Å². The maximum atomic E-state index is 11.7. The number of pyridine rings is 1. The SMILES string of the molecule is Cc1cc(=O)[nH]c2ccc(N3CCCC3CN3CCC(N(C)C)C3)cc12. The number of nitrogens with one attached hydrogen (secondary N) is 1. The van der Waals surface area contributed by atoms with Gasteiger partial charge in [-0.05, 0) is 70.6 Å². The Morgan fingerprint density at radius 3 is 2.81 bits per heavy atom. The van der Waals surface area contributed by atoms with Crippen molar-refractivity contribution in [3.8, 4) is 0 Å². The van der Waals surface area contributed by atoms with Crippen LogP contribution in [0.1, 0.15) is 24.8 Å². The number of H-pyrrole nitrogens is 1. The highest BCUT2D eigenvalue weighted by atomic mass is 16.1. The Hall–Kier alpha value is -1.85. The molecule has 0 saturated carbocycles. The van der Waals surface area contributed by atoms with Gasteiger partial charge in [0.25, 0.3) is 0 Å². The van der Waals surface area contributed by atoms with E-state index in [1.165, 1.54) is 38.0 Å². The molecule has 0 amide bonds. The van der Waals surface area contributed by atoms with Gasteiger partial charge in [-0.15, -0.1) is 0 Å². The van der Waals surface area contributed by atoms with Gasteiger partial charge in [0.1, 0.15) is 0 Å². The van der Waals surface area contributed by atoms with E-state index < -0.39 is 0 Å². The summed E-state index contributed by atoms with van der Waals surface area (Å²) in [4.78, 5) is 22.2. The van der Waals surface area contributed by atoms with Crippen molar-refractivity contribution in [2.24, 2.45) is 0 Å². The van der Waals surface area contributed by atoms with Gasteiger partial charge in [-0.1, -0.05) is 0 Å². The smallest absolute Gasteiger partial charge is 0.248 e. The lowest BCUT2D eigenvalue weighted by Crippen LogP contribution is -2.41. The number of aromatic nitrogens is 1. The number of aromatic amines is 1. The number of benzene rings is 1. The monoisotopic (exact) mass is 354 g/mol. The molecule has 140 valence electrons. The highest BCUT2D eigenvalue weighted by Crippen LogP contribution is 2.30. The molecule has 2 fully saturated rings. The van der Waals surface area contributed by atoms with Gasteiger partial charge >= 0.3 is 0 Å². The number of aryl methyl sites for hydroxylation is 1. The van der Waals surface area contributed by atoms with Gasteiger partial charge in [0.05, 0.1) is 0 Å². The van der Waals surface area contributed by atoms with Crippen LogP contribution in [0, 0.1) is 6.92 Å². The fourth-order valence-corrected chi connectivity index (χ4v) is 4.65. The molecular formula is C21H30N4O. The summed E-state index contributed by atoms with van der Waals surface area (Å²) >= 11 is 0. The number of fused-ring (bicyclic) bond motifs is 1. The summed E-state index contributed by atoms with van der Waals surface area (Å²) in [7, 11) is 4.38. The maximum absolute atomic E-state index is 11.7. The molecule has 26 heavy (non-hydrogen) atoms. The standard InChI is InChI=1S/C21H30N4O/c1-15-11-21(26)22-20-7-6-16(12-19(15)20)25-9-4-5-18(25)14-24-10-8-17(13-24)23(2)3/h6-7,11-12,17-18H,4-5,8-10,13-14H2,1-3H3,(H,22,26). The second-order valence-corrected chi connectivity index (χ2v) is 8.20. The molecule has 2 aliphatic rings. The number of rotatable bonds is 4. The van der Waals surface area contributed by atoms with E-state index in [1.54, 1.807) is 6.07 Å². The highest BCUT2D eigenvalue weighted by Gasteiger charge is 2.30. The van der Waals surface area contributed by atoms with Crippen molar-refractivity contribution in [1.82, 2.24) is 14.8 Å². The zero-order valence-electron chi connectivity index (χ0n) is 16.2. The molecule has 0 radical (unpaired) electrons. The van der Waals surface area contributed by atoms with E-state index >= 15 is 0 Å². The minimum atomic E-state index is -0.0220. The van der Waals surface area contributed by atoms with Gasteiger partial charge in [-0.2, -0.15) is 0 Å². The van der Waals surface area contributed by atoms with Crippen LogP contribution in [0.3, 0.4) is 0 Å². The third-order valence-corrected chi connectivity index (χ3v) is 6.19. The van der Waals surface area contributed by atoms with Gasteiger partial charge < -0.3 is 14.8 Å². The van der Waals surface area contributed by atoms with Crippen molar-refractivity contribution in [2.45, 2.75) is 38.3 Å². The lowest BCUT2D eigenvalue weighted by molar-refractivity contribution is 0.260. The Kier molecular flexibility index (Phi) is 4.76. The van der Waals surface area contributed by atoms with E-state index in [0.29, 0.717) is 12.1 Å². The number of nitrogens with zero attached hydrogens (tertiary/aromatic N) is 3. The summed E-state index contributed by atoms with van der Waals surface area (Å²) in [5.41, 5.74) is 3.25. The van der Waals surface area contributed by atoms with E-state index in [1.807, 2.05) is 6.92 Å². The number of likely N-dealkylation sites (tertiary alicyclic amines) is 1. The summed E-state index contributed by atoms with van der Waals surface area (Å²) in [5, 5.41) is 1.15. The fourth-order valence-electron chi connectivity index (χ4n) is 4.65. The quantitative estimate of drug-likeness (QED) is 0.916. The third-order valence-electron chi connectivity index (χ3n) is 6.19. The lowest BCUT2D eigenvalue weighted by atomic mass is 10.1. The molecule has 2 saturated heterocycles. The van der Waals surface area contributed by atoms with Crippen LogP contribution < -0.4 is 10.5 Å². The first kappa shape index (κ1) is 17.6. The summed E-state index contributed by atoms with van der Waals surface area (Å²) in [6.07, 6.45) is 3.81. The van der Waals surface area contributed by atoms with Crippen LogP contribution >= 0.6 is 0 Å². The van der Waals surface area contributed by atoms with Crippen LogP contribution in [0.25, 0.3) is 10.9 Å². The first-order valence-corrected chi connectivity index (χ1v) is 9.80. The number of hydrogen-bond acceptors (Lipinski definition) is 4. The van der Waals surface area contributed by atoms with Crippen LogP contribution in [-0.2, 0) is 0 Å². The summed E-state index contributed by atoms with van der Waals surface area (Å²) < 4.78 is 0. The number of hydrogen-bond donors (Lipinski definition) is 1. The minimum absolute atomic E-state index is 0.0220. The van der Waals surface area contributed by atoms with Gasteiger partial charge in [-0.25, -0.2) is 0 Å². The van der Waals surface area contributed by atoms with Crippen LogP contribution in [-0.4, -0.2) is 67.1 Å². The van der Waals surface area contributed by atoms with Crippen molar-refractivity contribution in [3.05, 3.63) is 40.2 Å². The van der Waals surface area contributed by atoms with E-state index in [2.05, 4.69) is 52.0 Å². The second-order valence-electron chi connectivity index (χ2n) is 8.20. The molecule has 0 aliphatic carbocycles. The number of anilines is 1. The minimum Gasteiger partial charge on any atom is -0.367 e. The van der Waals surface area contributed by atoms with Crippen LogP contribution in [0.15, 0.2) is 29.1 Å². The molecule has 1 N–H and O–H groups in total. The van der Waals surface area contributed by atoms with Gasteiger partial charge in [0, 0.05) is 54.4 Å². The van der Waals surface area contributed by atoms with Gasteiger partial charge in [0.15, 0.2) is 0 Å². The van der Waals surface area contributed by atoms with Crippen molar-refractivity contribution >= 4 is 16.6 Å². The zero-order chi connectivity index (χ0) is 18.3. The maximum Gasteiger partial charge on any atom is 0.248 e. The average molecular weight is 354 g/mol. The second kappa shape index (κ2) is 7.05. The van der Waals surface area contributed by atoms with Crippen LogP contribution in [0.4, 0.5) is 5.69 Å². The van der Waals surface area contributed by atoms with E-state index in [0.717, 1.165) is 29.6 Å². The molecule has 0 spiro atoms. The molecule has 1 aromatic heterocycles. The topological polar surface area (TPSA) is 42.6 Å². The molecule has 0 bridgehead atoms. The average Bonchev–Trinajstić information content (AvgIpc) is 3.24. The highest BCUT2D eigenvalue weighted by molar-refractivity contribution is 5.85. The first-order valence-electron chi connectivity index (χ1n) is 9.80. The lowest BCUT2D eigenvalue weighted by Gasteiger charge is -2.31. The Morgan fingerprint density at radius 1 is 1.19 bits per heavy atom. The Morgan fingerprint density at radius 2 is 2.04 bits per heavy atom. The summed E-state index contributed by atoms with van der Waals surface area (Å²) in [5.74, 6) is 0. The van der Waals surface area contributed by atoms with Crippen molar-refractivity contribution in [1.29, 1.82) is 0 Å². The van der Waals surface area contributed by atoms with Crippen LogP contribution in [0.5, 0.6) is 0 Å². The molecule has 2 aromatic rings. The first-order chi connectivity index (χ1) is 12.5. The largest absolute Gasteiger partial charge is 0.367 e. The van der Waals surface area contributed by atoms with Crippen LogP contribution in [0.2, 0.25) is 0 Å². The molecule has 2 aliphatic heterocycles. The molecule has 2 atom stereocenters. The molecule has 2 unspecified atom stereocenters. The molecule has 5 heteroatoms. The third kappa shape index (κ3) is 3.38. The Balaban J connectivity index is 1.53. The van der Waals surface area contributed by atoms with Crippen molar-refractivity contribution in [2.75, 3.05) is 45.2 Å². The van der Waals surface area contributed by atoms with Gasteiger partial charge in [-0.3, -0.25) is 9.69 Å². The molecule has 1 aromatic carbocycles. The molecule has 5 nitrogen and oxygen atoms in total. The van der Waals surface area contributed by atoms with Gasteiger partial charge in [0.2, 0.25) is 5.56 Å².